The largest absolute Gasteiger partial charge is 0.329 e. The number of nitrogens with one attached hydrogen (secondary N) is 1. The van der Waals surface area contributed by atoms with Gasteiger partial charge in [-0.05, 0) is 48.7 Å². The third-order valence-electron chi connectivity index (χ3n) is 5.63. The number of hydrogen-bond acceptors (Lipinski definition) is 4. The van der Waals surface area contributed by atoms with Gasteiger partial charge in [0.25, 0.3) is 5.91 Å². The molecule has 1 amide bonds. The van der Waals surface area contributed by atoms with E-state index in [1.807, 2.05) is 35.4 Å². The second-order valence-corrected chi connectivity index (χ2v) is 7.50. The summed E-state index contributed by atoms with van der Waals surface area (Å²) in [4.78, 5) is 21.9. The third kappa shape index (κ3) is 4.20. The molecule has 2 fully saturated rings. The Kier molecular flexibility index (Phi) is 5.50. The van der Waals surface area contributed by atoms with Gasteiger partial charge in [-0.1, -0.05) is 25.1 Å². The van der Waals surface area contributed by atoms with Crippen LogP contribution in [-0.4, -0.2) is 52.9 Å². The lowest BCUT2D eigenvalue weighted by molar-refractivity contribution is 0.0634. The average Bonchev–Trinajstić information content (AvgIpc) is 3.58. The highest BCUT2D eigenvalue weighted by molar-refractivity contribution is 5.94. The number of nitrogens with zero attached hydrogens (tertiary/aromatic N) is 3. The number of benzene rings is 1. The topological polar surface area (TPSA) is 48.5 Å². The zero-order valence-electron chi connectivity index (χ0n) is 16.0. The van der Waals surface area contributed by atoms with E-state index in [-0.39, 0.29) is 11.9 Å². The van der Waals surface area contributed by atoms with Crippen LogP contribution in [0.2, 0.25) is 0 Å². The van der Waals surface area contributed by atoms with E-state index in [2.05, 4.69) is 34.3 Å². The number of amides is 1. The second kappa shape index (κ2) is 8.19. The highest BCUT2D eigenvalue weighted by Gasteiger charge is 2.29. The minimum absolute atomic E-state index is 0.0325. The molecule has 0 bridgehead atoms. The molecule has 2 aliphatic rings. The predicted octanol–water partition coefficient (Wildman–Crippen LogP) is 2.85. The maximum absolute atomic E-state index is 13.2. The van der Waals surface area contributed by atoms with E-state index in [0.29, 0.717) is 6.54 Å². The summed E-state index contributed by atoms with van der Waals surface area (Å²) in [6, 6.07) is 13.0. The van der Waals surface area contributed by atoms with E-state index in [4.69, 9.17) is 0 Å². The lowest BCUT2D eigenvalue weighted by Gasteiger charge is -2.36. The van der Waals surface area contributed by atoms with Crippen LogP contribution in [0, 0.1) is 0 Å². The third-order valence-corrected chi connectivity index (χ3v) is 5.63. The van der Waals surface area contributed by atoms with Crippen molar-refractivity contribution in [3.05, 3.63) is 65.5 Å². The number of pyridine rings is 1. The first kappa shape index (κ1) is 18.1. The number of piperazine rings is 1. The van der Waals surface area contributed by atoms with Gasteiger partial charge in [0.2, 0.25) is 0 Å². The molecule has 0 spiro atoms. The number of rotatable bonds is 6. The monoisotopic (exact) mass is 364 g/mol. The van der Waals surface area contributed by atoms with Crippen molar-refractivity contribution in [1.29, 1.82) is 0 Å². The fraction of sp³-hybridized carbons (Fsp3) is 0.455. The van der Waals surface area contributed by atoms with Gasteiger partial charge in [-0.15, -0.1) is 0 Å². The molecular formula is C22H28N4O. The molecule has 5 heteroatoms. The van der Waals surface area contributed by atoms with Crippen molar-refractivity contribution in [1.82, 2.24) is 20.1 Å². The first-order valence-electron chi connectivity index (χ1n) is 10.0. The van der Waals surface area contributed by atoms with Crippen LogP contribution < -0.4 is 5.32 Å². The van der Waals surface area contributed by atoms with Gasteiger partial charge in [-0.25, -0.2) is 0 Å². The summed E-state index contributed by atoms with van der Waals surface area (Å²) < 4.78 is 0. The van der Waals surface area contributed by atoms with Crippen LogP contribution in [0.5, 0.6) is 0 Å². The van der Waals surface area contributed by atoms with Gasteiger partial charge in [-0.2, -0.15) is 0 Å². The zero-order chi connectivity index (χ0) is 18.6. The van der Waals surface area contributed by atoms with Crippen LogP contribution >= 0.6 is 0 Å². The smallest absolute Gasteiger partial charge is 0.254 e. The summed E-state index contributed by atoms with van der Waals surface area (Å²) in [6.07, 6.45) is 6.27. The van der Waals surface area contributed by atoms with Crippen LogP contribution in [0.25, 0.3) is 0 Å². The van der Waals surface area contributed by atoms with Crippen molar-refractivity contribution < 1.29 is 4.79 Å². The number of aromatic nitrogens is 1. The molecule has 2 heterocycles. The Hall–Kier alpha value is -2.24. The minimum Gasteiger partial charge on any atom is -0.329 e. The molecule has 1 saturated heterocycles. The van der Waals surface area contributed by atoms with E-state index in [1.54, 1.807) is 6.20 Å². The molecule has 1 aliphatic carbocycles. The molecule has 27 heavy (non-hydrogen) atoms. The van der Waals surface area contributed by atoms with E-state index in [9.17, 15) is 4.79 Å². The summed E-state index contributed by atoms with van der Waals surface area (Å²) >= 11 is 0. The molecule has 1 atom stereocenters. The zero-order valence-corrected chi connectivity index (χ0v) is 16.0. The van der Waals surface area contributed by atoms with Crippen LogP contribution in [0.3, 0.4) is 0 Å². The molecule has 1 saturated carbocycles. The number of carbonyl (C=O) groups is 1. The molecule has 2 aromatic rings. The standard InChI is InChI=1S/C22H28N4O/c1-2-25(20-9-10-20)16-17-5-7-18(8-6-17)22(27)26-13-12-24-15-21(26)19-4-3-11-23-14-19/h3-8,11,14,20-21,24H,2,9-10,12-13,15-16H2,1H3. The Morgan fingerprint density at radius 1 is 1.26 bits per heavy atom. The fourth-order valence-corrected chi connectivity index (χ4v) is 3.91. The molecule has 1 aliphatic heterocycles. The summed E-state index contributed by atoms with van der Waals surface area (Å²) in [5.41, 5.74) is 3.13. The molecule has 0 radical (unpaired) electrons. The molecule has 142 valence electrons. The van der Waals surface area contributed by atoms with Gasteiger partial charge in [0, 0.05) is 50.2 Å². The Bertz CT molecular complexity index is 758. The van der Waals surface area contributed by atoms with Gasteiger partial charge in [0.05, 0.1) is 6.04 Å². The molecule has 5 nitrogen and oxygen atoms in total. The van der Waals surface area contributed by atoms with Gasteiger partial charge < -0.3 is 10.2 Å². The van der Waals surface area contributed by atoms with E-state index in [0.717, 1.165) is 43.3 Å². The van der Waals surface area contributed by atoms with Crippen molar-refractivity contribution in [3.63, 3.8) is 0 Å². The highest BCUT2D eigenvalue weighted by Crippen LogP contribution is 2.28. The SMILES string of the molecule is CCN(Cc1ccc(C(=O)N2CCNCC2c2cccnc2)cc1)C1CC1. The Morgan fingerprint density at radius 2 is 2.07 bits per heavy atom. The summed E-state index contributed by atoms with van der Waals surface area (Å²) in [6.45, 7) is 6.58. The maximum atomic E-state index is 13.2. The van der Waals surface area contributed by atoms with Gasteiger partial charge in [-0.3, -0.25) is 14.7 Å². The highest BCUT2D eigenvalue weighted by atomic mass is 16.2. The van der Waals surface area contributed by atoms with Crippen molar-refractivity contribution in [2.45, 2.75) is 38.4 Å². The lowest BCUT2D eigenvalue weighted by Crippen LogP contribution is -2.48. The van der Waals surface area contributed by atoms with E-state index in [1.165, 1.54) is 18.4 Å². The minimum atomic E-state index is 0.0325. The van der Waals surface area contributed by atoms with Crippen molar-refractivity contribution in [3.8, 4) is 0 Å². The summed E-state index contributed by atoms with van der Waals surface area (Å²) in [5, 5.41) is 3.40. The van der Waals surface area contributed by atoms with Crippen LogP contribution in [0.1, 0.15) is 47.3 Å². The molecule has 1 aromatic heterocycles. The van der Waals surface area contributed by atoms with Crippen LogP contribution in [-0.2, 0) is 6.54 Å². The van der Waals surface area contributed by atoms with Crippen LogP contribution in [0.15, 0.2) is 48.8 Å². The normalized spacial score (nSPS) is 20.1. The molecule has 1 aromatic carbocycles. The Labute approximate surface area is 161 Å². The maximum Gasteiger partial charge on any atom is 0.254 e. The van der Waals surface area contributed by atoms with Crippen molar-refractivity contribution in [2.75, 3.05) is 26.2 Å². The predicted molar refractivity (Wildman–Crippen MR) is 106 cm³/mol. The van der Waals surface area contributed by atoms with Gasteiger partial charge >= 0.3 is 0 Å². The molecule has 4 rings (SSSR count). The molecule has 1 N–H and O–H groups in total. The average molecular weight is 364 g/mol. The number of carbonyl (C=O) groups excluding carboxylic acids is 1. The number of hydrogen-bond donors (Lipinski definition) is 1. The van der Waals surface area contributed by atoms with Gasteiger partial charge in [0.1, 0.15) is 0 Å². The lowest BCUT2D eigenvalue weighted by atomic mass is 10.0. The fourth-order valence-electron chi connectivity index (χ4n) is 3.91. The quantitative estimate of drug-likeness (QED) is 0.856. The van der Waals surface area contributed by atoms with Crippen molar-refractivity contribution in [2.24, 2.45) is 0 Å². The van der Waals surface area contributed by atoms with Crippen molar-refractivity contribution >= 4 is 5.91 Å². The Balaban J connectivity index is 1.47. The second-order valence-electron chi connectivity index (χ2n) is 7.50. The molecule has 1 unspecified atom stereocenters. The van der Waals surface area contributed by atoms with Gasteiger partial charge in [0.15, 0.2) is 0 Å². The van der Waals surface area contributed by atoms with Crippen LogP contribution in [0.4, 0.5) is 0 Å². The molecular weight excluding hydrogens is 336 g/mol. The summed E-state index contributed by atoms with van der Waals surface area (Å²) in [7, 11) is 0. The summed E-state index contributed by atoms with van der Waals surface area (Å²) in [5.74, 6) is 0.103. The first-order valence-corrected chi connectivity index (χ1v) is 10.0. The van der Waals surface area contributed by atoms with E-state index < -0.39 is 0 Å². The first-order chi connectivity index (χ1) is 13.3. The van der Waals surface area contributed by atoms with E-state index >= 15 is 0 Å². The Morgan fingerprint density at radius 3 is 2.74 bits per heavy atom.